The van der Waals surface area contributed by atoms with Gasteiger partial charge in [-0.2, -0.15) is 0 Å². The van der Waals surface area contributed by atoms with Crippen LogP contribution in [0.2, 0.25) is 0 Å². The van der Waals surface area contributed by atoms with Gasteiger partial charge in [-0.05, 0) is 59.0 Å². The molecule has 3 nitrogen and oxygen atoms in total. The van der Waals surface area contributed by atoms with E-state index in [4.69, 9.17) is 0 Å². The lowest BCUT2D eigenvalue weighted by molar-refractivity contribution is 0.551. The Morgan fingerprint density at radius 3 is 2.21 bits per heavy atom. The van der Waals surface area contributed by atoms with Gasteiger partial charge in [-0.15, -0.1) is 0 Å². The second-order valence-corrected chi connectivity index (χ2v) is 6.58. The molecule has 0 unspecified atom stereocenters. The van der Waals surface area contributed by atoms with Crippen molar-refractivity contribution in [1.82, 2.24) is 0 Å². The maximum atomic E-state index is 13.5. The van der Waals surface area contributed by atoms with E-state index in [1.165, 1.54) is 0 Å². The minimum absolute atomic E-state index is 0.309. The van der Waals surface area contributed by atoms with Gasteiger partial charge in [-0.3, -0.25) is 4.72 Å². The van der Waals surface area contributed by atoms with Gasteiger partial charge >= 0.3 is 0 Å². The average Bonchev–Trinajstić information content (AvgIpc) is 2.31. The van der Waals surface area contributed by atoms with Crippen molar-refractivity contribution in [2.75, 3.05) is 4.72 Å². The lowest BCUT2D eigenvalue weighted by Gasteiger charge is -2.08. The molecule has 19 heavy (non-hydrogen) atoms. The lowest BCUT2D eigenvalue weighted by Crippen LogP contribution is -2.14. The van der Waals surface area contributed by atoms with E-state index < -0.39 is 26.6 Å². The summed E-state index contributed by atoms with van der Waals surface area (Å²) in [5.41, 5.74) is 0.309. The summed E-state index contributed by atoms with van der Waals surface area (Å²) in [6.45, 7) is 0. The van der Waals surface area contributed by atoms with Crippen molar-refractivity contribution < 1.29 is 17.2 Å². The highest BCUT2D eigenvalue weighted by Gasteiger charge is 2.19. The number of anilines is 1. The van der Waals surface area contributed by atoms with Crippen molar-refractivity contribution in [2.24, 2.45) is 0 Å². The van der Waals surface area contributed by atoms with Gasteiger partial charge in [-0.1, -0.05) is 0 Å². The van der Waals surface area contributed by atoms with Crippen LogP contribution in [0.25, 0.3) is 0 Å². The second kappa shape index (κ2) is 5.41. The highest BCUT2D eigenvalue weighted by atomic mass is 127. The minimum Gasteiger partial charge on any atom is -0.280 e. The smallest absolute Gasteiger partial charge is 0.264 e. The molecule has 1 N–H and O–H groups in total. The zero-order chi connectivity index (χ0) is 14.0. The molecule has 0 aliphatic rings. The van der Waals surface area contributed by atoms with Crippen molar-refractivity contribution in [1.29, 1.82) is 0 Å². The average molecular weight is 395 g/mol. The molecule has 7 heteroatoms. The quantitative estimate of drug-likeness (QED) is 0.811. The van der Waals surface area contributed by atoms with E-state index in [1.54, 1.807) is 24.3 Å². The van der Waals surface area contributed by atoms with Gasteiger partial charge in [0.05, 0.1) is 0 Å². The fourth-order valence-corrected chi connectivity index (χ4v) is 2.90. The summed E-state index contributed by atoms with van der Waals surface area (Å²) in [4.78, 5) is -0.590. The molecule has 2 aromatic rings. The van der Waals surface area contributed by atoms with Crippen molar-refractivity contribution in [2.45, 2.75) is 4.90 Å². The Morgan fingerprint density at radius 1 is 1.00 bits per heavy atom. The number of nitrogens with one attached hydrogen (secondary N) is 1. The molecule has 0 saturated heterocycles. The van der Waals surface area contributed by atoms with Gasteiger partial charge in [0, 0.05) is 15.3 Å². The molecule has 0 aromatic heterocycles. The Kier molecular flexibility index (Phi) is 4.04. The molecule has 0 saturated carbocycles. The van der Waals surface area contributed by atoms with E-state index in [2.05, 4.69) is 27.3 Å². The second-order valence-electron chi connectivity index (χ2n) is 3.69. The molecule has 0 amide bonds. The monoisotopic (exact) mass is 395 g/mol. The summed E-state index contributed by atoms with van der Waals surface area (Å²) >= 11 is 2.08. The first kappa shape index (κ1) is 14.2. The minimum atomic E-state index is -4.07. The Morgan fingerprint density at radius 2 is 1.63 bits per heavy atom. The zero-order valence-corrected chi connectivity index (χ0v) is 12.4. The molecule has 0 spiro atoms. The summed E-state index contributed by atoms with van der Waals surface area (Å²) in [6, 6.07) is 8.84. The van der Waals surface area contributed by atoms with Crippen LogP contribution in [-0.4, -0.2) is 8.42 Å². The van der Waals surface area contributed by atoms with Crippen LogP contribution in [0.1, 0.15) is 0 Å². The van der Waals surface area contributed by atoms with Crippen LogP contribution in [0, 0.1) is 15.2 Å². The van der Waals surface area contributed by atoms with E-state index in [0.29, 0.717) is 11.8 Å². The third kappa shape index (κ3) is 3.41. The Hall–Kier alpha value is -1.22. The third-order valence-electron chi connectivity index (χ3n) is 2.28. The summed E-state index contributed by atoms with van der Waals surface area (Å²) in [7, 11) is -4.07. The van der Waals surface area contributed by atoms with Crippen molar-refractivity contribution in [3.05, 3.63) is 57.7 Å². The van der Waals surface area contributed by atoms with Crippen LogP contribution in [0.5, 0.6) is 0 Å². The molecular weight excluding hydrogens is 387 g/mol. The third-order valence-corrected chi connectivity index (χ3v) is 4.41. The number of benzene rings is 2. The number of sulfonamides is 1. The van der Waals surface area contributed by atoms with E-state index >= 15 is 0 Å². The first-order chi connectivity index (χ1) is 8.88. The Bertz CT molecular complexity index is 702. The Labute approximate surface area is 122 Å². The van der Waals surface area contributed by atoms with E-state index in [-0.39, 0.29) is 0 Å². The highest BCUT2D eigenvalue weighted by molar-refractivity contribution is 14.1. The van der Waals surface area contributed by atoms with Crippen LogP contribution in [0.15, 0.2) is 47.4 Å². The van der Waals surface area contributed by atoms with E-state index in [0.717, 1.165) is 15.7 Å². The molecule has 0 heterocycles. The molecule has 0 aliphatic carbocycles. The van der Waals surface area contributed by atoms with Gasteiger partial charge in [0.15, 0.2) is 0 Å². The van der Waals surface area contributed by atoms with Gasteiger partial charge in [0.2, 0.25) is 0 Å². The number of rotatable bonds is 3. The first-order valence-corrected chi connectivity index (χ1v) is 7.68. The highest BCUT2D eigenvalue weighted by Crippen LogP contribution is 2.20. The number of hydrogen-bond acceptors (Lipinski definition) is 2. The van der Waals surface area contributed by atoms with Crippen LogP contribution in [-0.2, 0) is 10.0 Å². The van der Waals surface area contributed by atoms with Gasteiger partial charge < -0.3 is 0 Å². The van der Waals surface area contributed by atoms with Crippen LogP contribution in [0.3, 0.4) is 0 Å². The first-order valence-electron chi connectivity index (χ1n) is 5.12. The number of hydrogen-bond donors (Lipinski definition) is 1. The van der Waals surface area contributed by atoms with Crippen molar-refractivity contribution in [3.63, 3.8) is 0 Å². The lowest BCUT2D eigenvalue weighted by atomic mass is 10.3. The van der Waals surface area contributed by atoms with E-state index in [9.17, 15) is 17.2 Å². The van der Waals surface area contributed by atoms with E-state index in [1.807, 2.05) is 0 Å². The summed E-state index contributed by atoms with van der Waals surface area (Å²) < 4.78 is 53.3. The molecule has 0 fully saturated rings. The summed E-state index contributed by atoms with van der Waals surface area (Å²) in [5.74, 6) is -1.95. The molecule has 0 aliphatic heterocycles. The molecule has 0 bridgehead atoms. The normalized spacial score (nSPS) is 11.3. The predicted molar refractivity (Wildman–Crippen MR) is 76.3 cm³/mol. The zero-order valence-electron chi connectivity index (χ0n) is 9.40. The molecule has 100 valence electrons. The SMILES string of the molecule is O=S(=O)(Nc1ccc(I)cc1)c1ccc(F)cc1F. The van der Waals surface area contributed by atoms with Crippen LogP contribution >= 0.6 is 22.6 Å². The molecular formula is C12H8F2INO2S. The summed E-state index contributed by atoms with van der Waals surface area (Å²) in [6.07, 6.45) is 0. The predicted octanol–water partition coefficient (Wildman–Crippen LogP) is 3.37. The fraction of sp³-hybridized carbons (Fsp3) is 0. The molecule has 2 rings (SSSR count). The fourth-order valence-electron chi connectivity index (χ4n) is 1.42. The molecule has 0 atom stereocenters. The molecule has 2 aromatic carbocycles. The van der Waals surface area contributed by atoms with Crippen LogP contribution < -0.4 is 4.72 Å². The standard InChI is InChI=1S/C12H8F2INO2S/c13-8-1-6-12(11(14)7-8)19(17,18)16-10-4-2-9(15)3-5-10/h1-7,16H. The summed E-state index contributed by atoms with van der Waals surface area (Å²) in [5, 5.41) is 0. The maximum absolute atomic E-state index is 13.5. The van der Waals surface area contributed by atoms with Crippen molar-refractivity contribution in [3.8, 4) is 0 Å². The maximum Gasteiger partial charge on any atom is 0.264 e. The van der Waals surface area contributed by atoms with Gasteiger partial charge in [0.25, 0.3) is 10.0 Å². The van der Waals surface area contributed by atoms with Gasteiger partial charge in [-0.25, -0.2) is 17.2 Å². The largest absolute Gasteiger partial charge is 0.280 e. The topological polar surface area (TPSA) is 46.2 Å². The number of halogens is 3. The van der Waals surface area contributed by atoms with Crippen molar-refractivity contribution >= 4 is 38.3 Å². The molecule has 0 radical (unpaired) electrons. The van der Waals surface area contributed by atoms with Gasteiger partial charge in [0.1, 0.15) is 16.5 Å². The Balaban J connectivity index is 2.35. The van der Waals surface area contributed by atoms with Crippen LogP contribution in [0.4, 0.5) is 14.5 Å².